The zero-order valence-corrected chi connectivity index (χ0v) is 16.7. The van der Waals surface area contributed by atoms with Crippen LogP contribution in [0.4, 0.5) is 20.7 Å². The van der Waals surface area contributed by atoms with Crippen LogP contribution in [0.15, 0.2) is 54.9 Å². The number of aromatic nitrogens is 2. The normalized spacial score (nSPS) is 10.8. The summed E-state index contributed by atoms with van der Waals surface area (Å²) >= 11 is 0. The number of rotatable bonds is 4. The molecule has 0 radical (unpaired) electrons. The maximum absolute atomic E-state index is 14.4. The average Bonchev–Trinajstić information content (AvgIpc) is 2.70. The van der Waals surface area contributed by atoms with E-state index in [1.165, 1.54) is 24.4 Å². The van der Waals surface area contributed by atoms with Crippen LogP contribution in [-0.2, 0) is 5.41 Å². The number of carbonyl (C=O) groups is 1. The molecule has 0 unspecified atom stereocenters. The smallest absolute Gasteiger partial charge is 0.324 e. The first-order valence-corrected chi connectivity index (χ1v) is 9.13. The van der Waals surface area contributed by atoms with E-state index in [1.54, 1.807) is 18.3 Å². The van der Waals surface area contributed by atoms with Crippen molar-refractivity contribution < 1.29 is 13.9 Å². The summed E-state index contributed by atoms with van der Waals surface area (Å²) in [6, 6.07) is 12.0. The third-order valence-electron chi connectivity index (χ3n) is 4.14. The molecule has 7 nitrogen and oxygen atoms in total. The molecule has 2 N–H and O–H groups in total. The van der Waals surface area contributed by atoms with Gasteiger partial charge in [0.25, 0.3) is 0 Å². The second kappa shape index (κ2) is 8.57. The lowest BCUT2D eigenvalue weighted by Crippen LogP contribution is -2.21. The summed E-state index contributed by atoms with van der Waals surface area (Å²) in [5.41, 5.74) is 1.09. The molecule has 0 aliphatic heterocycles. The van der Waals surface area contributed by atoms with Gasteiger partial charge in [-0.1, -0.05) is 20.8 Å². The predicted molar refractivity (Wildman–Crippen MR) is 111 cm³/mol. The predicted octanol–water partition coefficient (Wildman–Crippen LogP) is 5.22. The van der Waals surface area contributed by atoms with Crippen molar-refractivity contribution in [3.05, 3.63) is 71.9 Å². The molecule has 0 saturated carbocycles. The number of hydrogen-bond donors (Lipinski definition) is 2. The van der Waals surface area contributed by atoms with Gasteiger partial charge in [0.05, 0.1) is 5.69 Å². The largest absolute Gasteiger partial charge is 0.457 e. The molecule has 0 fully saturated rings. The van der Waals surface area contributed by atoms with Gasteiger partial charge in [-0.05, 0) is 41.3 Å². The minimum atomic E-state index is -0.673. The second-order valence-corrected chi connectivity index (χ2v) is 7.49. The van der Waals surface area contributed by atoms with E-state index in [4.69, 9.17) is 10.00 Å². The van der Waals surface area contributed by atoms with Crippen LogP contribution in [0, 0.1) is 17.1 Å². The molecule has 2 amide bonds. The first-order valence-electron chi connectivity index (χ1n) is 9.13. The molecule has 0 bridgehead atoms. The van der Waals surface area contributed by atoms with Crippen molar-refractivity contribution in [3.8, 4) is 17.6 Å². The van der Waals surface area contributed by atoms with Crippen LogP contribution in [0.1, 0.15) is 32.0 Å². The highest BCUT2D eigenvalue weighted by Crippen LogP contribution is 2.26. The maximum atomic E-state index is 14.4. The SMILES string of the molecule is CC(C)(C)c1ccnc(NC(=O)Nc2ccc(Oc3ccnc(C#N)c3)cc2F)c1. The number of hydrogen-bond acceptors (Lipinski definition) is 5. The van der Waals surface area contributed by atoms with Crippen molar-refractivity contribution in [1.29, 1.82) is 5.26 Å². The van der Waals surface area contributed by atoms with Gasteiger partial charge in [0.1, 0.15) is 34.9 Å². The van der Waals surface area contributed by atoms with Crippen LogP contribution in [-0.4, -0.2) is 16.0 Å². The first kappa shape index (κ1) is 20.7. The van der Waals surface area contributed by atoms with Crippen LogP contribution in [0.2, 0.25) is 0 Å². The summed E-state index contributed by atoms with van der Waals surface area (Å²) in [4.78, 5) is 20.2. The molecular weight excluding hydrogens is 385 g/mol. The Morgan fingerprint density at radius 3 is 2.47 bits per heavy atom. The Morgan fingerprint density at radius 2 is 1.77 bits per heavy atom. The number of pyridine rings is 2. The Bertz CT molecular complexity index is 1120. The summed E-state index contributed by atoms with van der Waals surface area (Å²) in [6.45, 7) is 6.16. The van der Waals surface area contributed by atoms with Crippen molar-refractivity contribution in [2.75, 3.05) is 10.6 Å². The number of halogens is 1. The van der Waals surface area contributed by atoms with Gasteiger partial charge in [0.2, 0.25) is 0 Å². The topological polar surface area (TPSA) is 99.9 Å². The fourth-order valence-corrected chi connectivity index (χ4v) is 2.57. The molecule has 0 aliphatic carbocycles. The number of urea groups is 1. The summed E-state index contributed by atoms with van der Waals surface area (Å²) in [5, 5.41) is 13.9. The van der Waals surface area contributed by atoms with Crippen molar-refractivity contribution >= 4 is 17.5 Å². The number of nitrogens with zero attached hydrogens (tertiary/aromatic N) is 3. The van der Waals surface area contributed by atoms with Crippen LogP contribution in [0.3, 0.4) is 0 Å². The number of benzene rings is 1. The Morgan fingerprint density at radius 1 is 1.03 bits per heavy atom. The molecule has 2 aromatic heterocycles. The number of nitrogens with one attached hydrogen (secondary N) is 2. The fourth-order valence-electron chi connectivity index (χ4n) is 2.57. The van der Waals surface area contributed by atoms with Crippen molar-refractivity contribution in [2.45, 2.75) is 26.2 Å². The molecule has 30 heavy (non-hydrogen) atoms. The Hall–Kier alpha value is -3.99. The highest BCUT2D eigenvalue weighted by Gasteiger charge is 2.15. The third kappa shape index (κ3) is 5.29. The Labute approximate surface area is 173 Å². The maximum Gasteiger partial charge on any atom is 0.324 e. The minimum Gasteiger partial charge on any atom is -0.457 e. The molecule has 3 rings (SSSR count). The Kier molecular flexibility index (Phi) is 5.93. The van der Waals surface area contributed by atoms with Crippen LogP contribution >= 0.6 is 0 Å². The molecular formula is C22H20FN5O2. The van der Waals surface area contributed by atoms with Gasteiger partial charge in [-0.2, -0.15) is 5.26 Å². The van der Waals surface area contributed by atoms with E-state index in [1.807, 2.05) is 12.1 Å². The molecule has 0 saturated heterocycles. The molecule has 0 atom stereocenters. The second-order valence-electron chi connectivity index (χ2n) is 7.49. The van der Waals surface area contributed by atoms with Gasteiger partial charge in [0, 0.05) is 24.5 Å². The molecule has 1 aromatic carbocycles. The molecule has 0 spiro atoms. The van der Waals surface area contributed by atoms with Gasteiger partial charge in [-0.15, -0.1) is 0 Å². The highest BCUT2D eigenvalue weighted by atomic mass is 19.1. The summed E-state index contributed by atoms with van der Waals surface area (Å²) in [7, 11) is 0. The van der Waals surface area contributed by atoms with E-state index in [0.29, 0.717) is 11.6 Å². The molecule has 8 heteroatoms. The fraction of sp³-hybridized carbons (Fsp3) is 0.182. The minimum absolute atomic E-state index is 0.0146. The highest BCUT2D eigenvalue weighted by molar-refractivity contribution is 5.99. The van der Waals surface area contributed by atoms with Gasteiger partial charge in [-0.3, -0.25) is 5.32 Å². The van der Waals surface area contributed by atoms with E-state index < -0.39 is 11.8 Å². The quantitative estimate of drug-likeness (QED) is 0.620. The molecule has 3 aromatic rings. The zero-order valence-electron chi connectivity index (χ0n) is 16.7. The lowest BCUT2D eigenvalue weighted by molar-refractivity contribution is 0.262. The van der Waals surface area contributed by atoms with Gasteiger partial charge >= 0.3 is 6.03 Å². The standard InChI is InChI=1S/C22H20FN5O2/c1-22(2,3)14-6-8-26-20(10-14)28-21(29)27-19-5-4-16(12-18(19)23)30-17-7-9-25-15(11-17)13-24/h4-12H,1-3H3,(H2,26,27,28,29). The van der Waals surface area contributed by atoms with Crippen molar-refractivity contribution in [3.63, 3.8) is 0 Å². The van der Waals surface area contributed by atoms with Gasteiger partial charge in [-0.25, -0.2) is 19.2 Å². The van der Waals surface area contributed by atoms with Crippen molar-refractivity contribution in [1.82, 2.24) is 9.97 Å². The van der Waals surface area contributed by atoms with Gasteiger partial charge in [0.15, 0.2) is 0 Å². The zero-order chi connectivity index (χ0) is 21.7. The monoisotopic (exact) mass is 405 g/mol. The number of anilines is 2. The summed E-state index contributed by atoms with van der Waals surface area (Å²) in [6.07, 6.45) is 3.03. The van der Waals surface area contributed by atoms with Crippen LogP contribution in [0.25, 0.3) is 0 Å². The summed E-state index contributed by atoms with van der Waals surface area (Å²) in [5.74, 6) is 0.261. The van der Waals surface area contributed by atoms with Crippen LogP contribution in [0.5, 0.6) is 11.5 Å². The van der Waals surface area contributed by atoms with Crippen LogP contribution < -0.4 is 15.4 Å². The molecule has 2 heterocycles. The number of nitriles is 1. The third-order valence-corrected chi connectivity index (χ3v) is 4.14. The first-order chi connectivity index (χ1) is 14.2. The van der Waals surface area contributed by atoms with E-state index in [2.05, 4.69) is 41.4 Å². The number of amides is 2. The Balaban J connectivity index is 1.67. The number of ether oxygens (including phenoxy) is 1. The lowest BCUT2D eigenvalue weighted by Gasteiger charge is -2.19. The van der Waals surface area contributed by atoms with E-state index in [-0.39, 0.29) is 22.5 Å². The van der Waals surface area contributed by atoms with Gasteiger partial charge < -0.3 is 10.1 Å². The summed E-state index contributed by atoms with van der Waals surface area (Å²) < 4.78 is 19.9. The molecule has 152 valence electrons. The average molecular weight is 405 g/mol. The number of carbonyl (C=O) groups excluding carboxylic acids is 1. The van der Waals surface area contributed by atoms with E-state index >= 15 is 0 Å². The van der Waals surface area contributed by atoms with Crippen molar-refractivity contribution in [2.24, 2.45) is 0 Å². The van der Waals surface area contributed by atoms with E-state index in [0.717, 1.165) is 11.6 Å². The molecule has 0 aliphatic rings. The van der Waals surface area contributed by atoms with E-state index in [9.17, 15) is 9.18 Å². The lowest BCUT2D eigenvalue weighted by atomic mass is 9.88.